The number of urea groups is 1. The lowest BCUT2D eigenvalue weighted by atomic mass is 9.78. The molecule has 8 heteroatoms. The van der Waals surface area contributed by atoms with Gasteiger partial charge in [-0.3, -0.25) is 19.5 Å². The number of carbonyl (C=O) groups is 2. The molecule has 2 aromatic rings. The maximum Gasteiger partial charge on any atom is 0.321 e. The average Bonchev–Trinajstić information content (AvgIpc) is 2.69. The van der Waals surface area contributed by atoms with E-state index in [1.165, 1.54) is 11.8 Å². The van der Waals surface area contributed by atoms with Gasteiger partial charge in [-0.15, -0.1) is 0 Å². The molecule has 2 N–H and O–H groups in total. The van der Waals surface area contributed by atoms with Gasteiger partial charge in [0, 0.05) is 12.6 Å². The van der Waals surface area contributed by atoms with Crippen LogP contribution in [-0.2, 0) is 4.79 Å². The number of fused-ring (bicyclic) bond motifs is 1. The summed E-state index contributed by atoms with van der Waals surface area (Å²) in [4.78, 5) is 41.8. The summed E-state index contributed by atoms with van der Waals surface area (Å²) in [7, 11) is 0. The third-order valence-corrected chi connectivity index (χ3v) is 6.65. The van der Waals surface area contributed by atoms with Gasteiger partial charge < -0.3 is 5.32 Å². The lowest BCUT2D eigenvalue weighted by molar-refractivity contribution is -0.117. The third-order valence-electron chi connectivity index (χ3n) is 5.69. The molecule has 1 saturated carbocycles. The Bertz CT molecular complexity index is 959. The van der Waals surface area contributed by atoms with Crippen LogP contribution in [0.15, 0.2) is 34.2 Å². The van der Waals surface area contributed by atoms with Crippen LogP contribution in [0.4, 0.5) is 4.79 Å². The van der Waals surface area contributed by atoms with Crippen LogP contribution in [0.2, 0.25) is 0 Å². The highest BCUT2D eigenvalue weighted by atomic mass is 32.2. The van der Waals surface area contributed by atoms with E-state index >= 15 is 0 Å². The molecule has 1 aliphatic rings. The molecule has 0 unspecified atom stereocenters. The standard InChI is InChI=1S/C21H28N4O3S/c1-4-22-20(28)24-18(26)12-29-21-23-16-10-6-5-9-15(16)19(27)25(21)17-11-7-8-13(2)14(17)3/h5-6,9-10,13-14,17H,4,7-8,11-12H2,1-3H3,(H2,22,24,26,28)/t13-,14-,17-/m0/s1. The highest BCUT2D eigenvalue weighted by Crippen LogP contribution is 2.38. The predicted octanol–water partition coefficient (Wildman–Crippen LogP) is 3.33. The molecule has 29 heavy (non-hydrogen) atoms. The van der Waals surface area contributed by atoms with Crippen LogP contribution >= 0.6 is 11.8 Å². The molecule has 0 spiro atoms. The molecule has 1 aliphatic carbocycles. The molecule has 1 aromatic heterocycles. The van der Waals surface area contributed by atoms with Gasteiger partial charge >= 0.3 is 6.03 Å². The molecule has 3 atom stereocenters. The Kier molecular flexibility index (Phi) is 6.95. The second kappa shape index (κ2) is 9.43. The summed E-state index contributed by atoms with van der Waals surface area (Å²) in [6, 6.07) is 6.84. The van der Waals surface area contributed by atoms with Crippen molar-refractivity contribution >= 4 is 34.6 Å². The van der Waals surface area contributed by atoms with Gasteiger partial charge in [-0.2, -0.15) is 0 Å². The number of carbonyl (C=O) groups excluding carboxylic acids is 2. The van der Waals surface area contributed by atoms with Crippen LogP contribution in [-0.4, -0.2) is 33.8 Å². The van der Waals surface area contributed by atoms with Gasteiger partial charge in [-0.1, -0.05) is 50.6 Å². The molecule has 7 nitrogen and oxygen atoms in total. The van der Waals surface area contributed by atoms with Crippen LogP contribution in [0, 0.1) is 11.8 Å². The first kappa shape index (κ1) is 21.4. The van der Waals surface area contributed by atoms with Crippen molar-refractivity contribution in [2.75, 3.05) is 12.3 Å². The van der Waals surface area contributed by atoms with E-state index in [2.05, 4.69) is 24.5 Å². The van der Waals surface area contributed by atoms with Crippen molar-refractivity contribution in [1.82, 2.24) is 20.2 Å². The van der Waals surface area contributed by atoms with Gasteiger partial charge in [0.25, 0.3) is 5.56 Å². The smallest absolute Gasteiger partial charge is 0.321 e. The van der Waals surface area contributed by atoms with Crippen molar-refractivity contribution in [2.45, 2.75) is 51.2 Å². The number of amides is 3. The molecule has 1 aromatic carbocycles. The summed E-state index contributed by atoms with van der Waals surface area (Å²) >= 11 is 1.20. The number of hydrogen-bond donors (Lipinski definition) is 2. The number of nitrogens with one attached hydrogen (secondary N) is 2. The van der Waals surface area contributed by atoms with Gasteiger partial charge in [0.2, 0.25) is 5.91 Å². The molecule has 0 aliphatic heterocycles. The zero-order valence-electron chi connectivity index (χ0n) is 17.1. The highest BCUT2D eigenvalue weighted by molar-refractivity contribution is 7.99. The van der Waals surface area contributed by atoms with Crippen molar-refractivity contribution in [3.8, 4) is 0 Å². The number of para-hydroxylation sites is 1. The fourth-order valence-corrected chi connectivity index (χ4v) is 4.79. The molecular formula is C21H28N4O3S. The van der Waals surface area contributed by atoms with Gasteiger partial charge in [-0.25, -0.2) is 9.78 Å². The number of nitrogens with zero attached hydrogens (tertiary/aromatic N) is 2. The molecule has 156 valence electrons. The van der Waals surface area contributed by atoms with E-state index in [1.807, 2.05) is 18.2 Å². The number of hydrogen-bond acceptors (Lipinski definition) is 5. The van der Waals surface area contributed by atoms with Gasteiger partial charge in [0.15, 0.2) is 5.16 Å². The van der Waals surface area contributed by atoms with E-state index in [0.29, 0.717) is 34.4 Å². The topological polar surface area (TPSA) is 93.1 Å². The normalized spacial score (nSPS) is 21.7. The molecule has 1 fully saturated rings. The maximum atomic E-state index is 13.4. The minimum atomic E-state index is -0.517. The molecule has 0 bridgehead atoms. The first-order valence-corrected chi connectivity index (χ1v) is 11.1. The summed E-state index contributed by atoms with van der Waals surface area (Å²) < 4.78 is 1.78. The molecule has 0 radical (unpaired) electrons. The van der Waals surface area contributed by atoms with Crippen LogP contribution in [0.1, 0.15) is 46.1 Å². The Balaban J connectivity index is 1.93. The second-order valence-electron chi connectivity index (χ2n) is 7.62. The monoisotopic (exact) mass is 416 g/mol. The largest absolute Gasteiger partial charge is 0.338 e. The van der Waals surface area contributed by atoms with E-state index < -0.39 is 11.9 Å². The number of imide groups is 1. The molecule has 3 rings (SSSR count). The third kappa shape index (κ3) is 4.80. The first-order valence-electron chi connectivity index (χ1n) is 10.1. The minimum absolute atomic E-state index is 0.0125. The summed E-state index contributed by atoms with van der Waals surface area (Å²) in [5.41, 5.74) is 0.560. The van der Waals surface area contributed by atoms with Crippen molar-refractivity contribution in [1.29, 1.82) is 0 Å². The van der Waals surface area contributed by atoms with Gasteiger partial charge in [0.1, 0.15) is 0 Å². The maximum absolute atomic E-state index is 13.4. The fraction of sp³-hybridized carbons (Fsp3) is 0.524. The van der Waals surface area contributed by atoms with Crippen molar-refractivity contribution < 1.29 is 9.59 Å². The van der Waals surface area contributed by atoms with E-state index in [0.717, 1.165) is 19.3 Å². The van der Waals surface area contributed by atoms with Crippen LogP contribution in [0.3, 0.4) is 0 Å². The molecule has 3 amide bonds. The van der Waals surface area contributed by atoms with Gasteiger partial charge in [-0.05, 0) is 37.3 Å². The summed E-state index contributed by atoms with van der Waals surface area (Å²) in [6.07, 6.45) is 3.15. The number of aromatic nitrogens is 2. The Morgan fingerprint density at radius 1 is 1.24 bits per heavy atom. The molecule has 1 heterocycles. The lowest BCUT2D eigenvalue weighted by Crippen LogP contribution is -2.40. The Labute approximate surface area is 174 Å². The van der Waals surface area contributed by atoms with Crippen molar-refractivity contribution in [3.05, 3.63) is 34.6 Å². The van der Waals surface area contributed by atoms with E-state index in [-0.39, 0.29) is 17.4 Å². The Hall–Kier alpha value is -2.35. The zero-order chi connectivity index (χ0) is 21.0. The Morgan fingerprint density at radius 2 is 2.00 bits per heavy atom. The van der Waals surface area contributed by atoms with E-state index in [9.17, 15) is 14.4 Å². The number of thioether (sulfide) groups is 1. The highest BCUT2D eigenvalue weighted by Gasteiger charge is 2.31. The molecular weight excluding hydrogens is 388 g/mol. The summed E-state index contributed by atoms with van der Waals surface area (Å²) in [5.74, 6) is 0.456. The van der Waals surface area contributed by atoms with E-state index in [4.69, 9.17) is 4.98 Å². The van der Waals surface area contributed by atoms with Crippen LogP contribution in [0.5, 0.6) is 0 Å². The second-order valence-corrected chi connectivity index (χ2v) is 8.56. The zero-order valence-corrected chi connectivity index (χ0v) is 17.9. The minimum Gasteiger partial charge on any atom is -0.338 e. The summed E-state index contributed by atoms with van der Waals surface area (Å²) in [6.45, 7) is 6.63. The number of benzene rings is 1. The first-order chi connectivity index (χ1) is 13.9. The summed E-state index contributed by atoms with van der Waals surface area (Å²) in [5, 5.41) is 5.95. The molecule has 0 saturated heterocycles. The van der Waals surface area contributed by atoms with Crippen molar-refractivity contribution in [3.63, 3.8) is 0 Å². The van der Waals surface area contributed by atoms with Crippen LogP contribution in [0.25, 0.3) is 10.9 Å². The SMILES string of the molecule is CCNC(=O)NC(=O)CSc1nc2ccccc2c(=O)n1[C@H]1CCC[C@H](C)[C@@H]1C. The lowest BCUT2D eigenvalue weighted by Gasteiger charge is -2.36. The predicted molar refractivity (Wildman–Crippen MR) is 115 cm³/mol. The van der Waals surface area contributed by atoms with Crippen molar-refractivity contribution in [2.24, 2.45) is 11.8 Å². The fourth-order valence-electron chi connectivity index (χ4n) is 3.94. The van der Waals surface area contributed by atoms with E-state index in [1.54, 1.807) is 17.6 Å². The number of rotatable bonds is 5. The quantitative estimate of drug-likeness (QED) is 0.576. The van der Waals surface area contributed by atoms with Crippen LogP contribution < -0.4 is 16.2 Å². The average molecular weight is 417 g/mol. The Morgan fingerprint density at radius 3 is 2.76 bits per heavy atom. The van der Waals surface area contributed by atoms with Gasteiger partial charge in [0.05, 0.1) is 16.7 Å².